The van der Waals surface area contributed by atoms with E-state index in [1.54, 1.807) is 0 Å². The molecule has 2 saturated heterocycles. The Bertz CT molecular complexity index is 513. The number of amides is 3. The molecule has 0 aromatic heterocycles. The lowest BCUT2D eigenvalue weighted by Gasteiger charge is -2.35. The fraction of sp³-hybridized carbons (Fsp3) is 0.733. The summed E-state index contributed by atoms with van der Waals surface area (Å²) >= 11 is 0. The Morgan fingerprint density at radius 1 is 0.818 bits per heavy atom. The van der Waals surface area contributed by atoms with Gasteiger partial charge in [-0.05, 0) is 19.3 Å². The molecule has 0 radical (unpaired) electrons. The van der Waals surface area contributed by atoms with Crippen molar-refractivity contribution in [3.8, 4) is 0 Å². The lowest BCUT2D eigenvalue weighted by Crippen LogP contribution is -2.53. The molecule has 3 rings (SSSR count). The van der Waals surface area contributed by atoms with Crippen LogP contribution >= 0.6 is 0 Å². The van der Waals surface area contributed by atoms with Crippen LogP contribution in [0.1, 0.15) is 38.5 Å². The van der Waals surface area contributed by atoms with Crippen LogP contribution in [-0.4, -0.2) is 53.6 Å². The van der Waals surface area contributed by atoms with Crippen molar-refractivity contribution in [2.75, 3.05) is 13.1 Å². The minimum absolute atomic E-state index is 0.112. The molecular formula is C15H21N3O4. The van der Waals surface area contributed by atoms with Crippen LogP contribution in [0.4, 0.5) is 0 Å². The molecule has 2 aliphatic heterocycles. The van der Waals surface area contributed by atoms with Gasteiger partial charge < -0.3 is 15.5 Å². The molecule has 2 heterocycles. The maximum Gasteiger partial charge on any atom is 0.291 e. The van der Waals surface area contributed by atoms with Gasteiger partial charge in [0.2, 0.25) is 17.6 Å². The highest BCUT2D eigenvalue weighted by atomic mass is 16.2. The smallest absolute Gasteiger partial charge is 0.291 e. The summed E-state index contributed by atoms with van der Waals surface area (Å²) in [5.41, 5.74) is 0. The molecule has 1 saturated carbocycles. The fourth-order valence-corrected chi connectivity index (χ4v) is 3.71. The van der Waals surface area contributed by atoms with Crippen molar-refractivity contribution in [2.45, 2.75) is 50.6 Å². The van der Waals surface area contributed by atoms with E-state index < -0.39 is 29.6 Å². The molecule has 3 fully saturated rings. The first-order valence-corrected chi connectivity index (χ1v) is 8.03. The Labute approximate surface area is 128 Å². The average molecular weight is 307 g/mol. The van der Waals surface area contributed by atoms with Gasteiger partial charge in [-0.25, -0.2) is 0 Å². The van der Waals surface area contributed by atoms with Gasteiger partial charge in [-0.15, -0.1) is 0 Å². The number of hydrogen-bond acceptors (Lipinski definition) is 4. The third kappa shape index (κ3) is 2.48. The first-order valence-electron chi connectivity index (χ1n) is 8.03. The highest BCUT2D eigenvalue weighted by Crippen LogP contribution is 2.32. The lowest BCUT2D eigenvalue weighted by molar-refractivity contribution is -0.144. The fourth-order valence-electron chi connectivity index (χ4n) is 3.71. The van der Waals surface area contributed by atoms with E-state index in [1.165, 1.54) is 4.90 Å². The summed E-state index contributed by atoms with van der Waals surface area (Å²) < 4.78 is 0. The maximum atomic E-state index is 12.5. The molecule has 0 spiro atoms. The molecule has 0 unspecified atom stereocenters. The van der Waals surface area contributed by atoms with Gasteiger partial charge in [0, 0.05) is 19.1 Å². The number of rotatable bonds is 1. The zero-order valence-electron chi connectivity index (χ0n) is 12.5. The van der Waals surface area contributed by atoms with Crippen molar-refractivity contribution in [1.29, 1.82) is 0 Å². The molecule has 3 amide bonds. The van der Waals surface area contributed by atoms with Crippen LogP contribution in [0.5, 0.6) is 0 Å². The average Bonchev–Trinajstić information content (AvgIpc) is 2.82. The quantitative estimate of drug-likeness (QED) is 0.497. The molecule has 2 atom stereocenters. The molecule has 0 aromatic rings. The minimum Gasteiger partial charge on any atom is -0.355 e. The van der Waals surface area contributed by atoms with Crippen LogP contribution in [0.25, 0.3) is 0 Å². The summed E-state index contributed by atoms with van der Waals surface area (Å²) in [6.07, 6.45) is 5.26. The van der Waals surface area contributed by atoms with Crippen molar-refractivity contribution >= 4 is 23.5 Å². The molecule has 0 bridgehead atoms. The maximum absolute atomic E-state index is 12.5. The Hall–Kier alpha value is -1.92. The number of nitrogens with zero attached hydrogens (tertiary/aromatic N) is 1. The number of nitrogens with one attached hydrogen (secondary N) is 2. The Balaban J connectivity index is 1.94. The zero-order valence-corrected chi connectivity index (χ0v) is 12.5. The Kier molecular flexibility index (Phi) is 4.13. The van der Waals surface area contributed by atoms with Crippen molar-refractivity contribution in [1.82, 2.24) is 15.5 Å². The number of fused-ring (bicyclic) bond motifs is 1. The van der Waals surface area contributed by atoms with Gasteiger partial charge in [-0.2, -0.15) is 0 Å². The number of carbonyl (C=O) groups is 4. The molecule has 7 nitrogen and oxygen atoms in total. The second-order valence-electron chi connectivity index (χ2n) is 6.23. The third-order valence-corrected chi connectivity index (χ3v) is 4.81. The molecular weight excluding hydrogens is 286 g/mol. The van der Waals surface area contributed by atoms with Gasteiger partial charge in [-0.3, -0.25) is 19.2 Å². The molecule has 120 valence electrons. The predicted octanol–water partition coefficient (Wildman–Crippen LogP) is -0.649. The summed E-state index contributed by atoms with van der Waals surface area (Å²) in [4.78, 5) is 50.8. The van der Waals surface area contributed by atoms with Gasteiger partial charge >= 0.3 is 0 Å². The number of ketones is 1. The summed E-state index contributed by atoms with van der Waals surface area (Å²) in [5.74, 6) is -3.50. The van der Waals surface area contributed by atoms with E-state index in [0.29, 0.717) is 19.5 Å². The molecule has 3 aliphatic rings. The van der Waals surface area contributed by atoms with E-state index >= 15 is 0 Å². The van der Waals surface area contributed by atoms with Crippen LogP contribution in [0, 0.1) is 5.92 Å². The van der Waals surface area contributed by atoms with Crippen molar-refractivity contribution in [3.05, 3.63) is 0 Å². The SMILES string of the molecule is O=C1NCCCNC(=O)[C@H]2[C@@H]1C(=O)C(=O)N2C1CCCCC1. The summed E-state index contributed by atoms with van der Waals surface area (Å²) in [6, 6.07) is -1.10. The van der Waals surface area contributed by atoms with Crippen LogP contribution in [0.3, 0.4) is 0 Å². The first-order chi connectivity index (χ1) is 10.6. The number of Topliss-reactive ketones (excluding diaryl/α,β-unsaturated/α-hetero) is 1. The lowest BCUT2D eigenvalue weighted by atomic mass is 9.92. The largest absolute Gasteiger partial charge is 0.355 e. The van der Waals surface area contributed by atoms with Gasteiger partial charge in [0.15, 0.2) is 0 Å². The summed E-state index contributed by atoms with van der Waals surface area (Å²) in [7, 11) is 0. The van der Waals surface area contributed by atoms with Crippen LogP contribution in [0.15, 0.2) is 0 Å². The van der Waals surface area contributed by atoms with Gasteiger partial charge in [0.25, 0.3) is 5.91 Å². The molecule has 2 N–H and O–H groups in total. The first kappa shape index (κ1) is 15.0. The van der Waals surface area contributed by atoms with Crippen molar-refractivity contribution < 1.29 is 19.2 Å². The Morgan fingerprint density at radius 2 is 1.45 bits per heavy atom. The molecule has 1 aliphatic carbocycles. The van der Waals surface area contributed by atoms with Crippen molar-refractivity contribution in [3.63, 3.8) is 0 Å². The van der Waals surface area contributed by atoms with E-state index in [0.717, 1.165) is 32.1 Å². The van der Waals surface area contributed by atoms with Gasteiger partial charge in [0.05, 0.1) is 0 Å². The van der Waals surface area contributed by atoms with E-state index in [1.807, 2.05) is 0 Å². The monoisotopic (exact) mass is 307 g/mol. The molecule has 0 aromatic carbocycles. The van der Waals surface area contributed by atoms with Gasteiger partial charge in [0.1, 0.15) is 12.0 Å². The third-order valence-electron chi connectivity index (χ3n) is 4.81. The molecule has 7 heteroatoms. The van der Waals surface area contributed by atoms with Crippen LogP contribution in [0.2, 0.25) is 0 Å². The second-order valence-corrected chi connectivity index (χ2v) is 6.23. The number of likely N-dealkylation sites (tertiary alicyclic amines) is 1. The highest BCUT2D eigenvalue weighted by Gasteiger charge is 2.56. The normalized spacial score (nSPS) is 31.0. The van der Waals surface area contributed by atoms with E-state index in [9.17, 15) is 19.2 Å². The predicted molar refractivity (Wildman–Crippen MR) is 76.6 cm³/mol. The van der Waals surface area contributed by atoms with E-state index in [2.05, 4.69) is 10.6 Å². The summed E-state index contributed by atoms with van der Waals surface area (Å²) in [5, 5.41) is 5.41. The van der Waals surface area contributed by atoms with E-state index in [4.69, 9.17) is 0 Å². The number of carbonyl (C=O) groups excluding carboxylic acids is 4. The van der Waals surface area contributed by atoms with Crippen molar-refractivity contribution in [2.24, 2.45) is 5.92 Å². The second kappa shape index (κ2) is 6.06. The van der Waals surface area contributed by atoms with Crippen LogP contribution < -0.4 is 10.6 Å². The van der Waals surface area contributed by atoms with E-state index in [-0.39, 0.29) is 11.9 Å². The Morgan fingerprint density at radius 3 is 2.14 bits per heavy atom. The number of hydrogen-bond donors (Lipinski definition) is 2. The standard InChI is InChI=1S/C15H21N3O4/c19-12-10-11(14(21)17-8-4-7-16-13(10)20)18(15(12)22)9-5-2-1-3-6-9/h9-11H,1-8H2,(H,16,20)(H,17,21)/t10-,11-/m1/s1. The topological polar surface area (TPSA) is 95.6 Å². The minimum atomic E-state index is -1.20. The zero-order chi connectivity index (χ0) is 15.7. The van der Waals surface area contributed by atoms with Gasteiger partial charge in [-0.1, -0.05) is 19.3 Å². The highest BCUT2D eigenvalue weighted by molar-refractivity contribution is 6.44. The summed E-state index contributed by atoms with van der Waals surface area (Å²) in [6.45, 7) is 0.830. The van der Waals surface area contributed by atoms with Crippen LogP contribution in [-0.2, 0) is 19.2 Å². The molecule has 22 heavy (non-hydrogen) atoms.